The zero-order valence-electron chi connectivity index (χ0n) is 10.6. The van der Waals surface area contributed by atoms with Crippen molar-refractivity contribution in [2.45, 2.75) is 32.0 Å². The molecule has 0 atom stereocenters. The van der Waals surface area contributed by atoms with Gasteiger partial charge in [0.2, 0.25) is 0 Å². The Morgan fingerprint density at radius 3 is 2.95 bits per heavy atom. The monoisotopic (exact) mass is 278 g/mol. The lowest BCUT2D eigenvalue weighted by atomic mass is 10.2. The average molecular weight is 279 g/mol. The molecule has 4 heteroatoms. The zero-order valence-corrected chi connectivity index (χ0v) is 11.3. The maximum Gasteiger partial charge on any atom is 0.146 e. The van der Waals surface area contributed by atoms with Crippen LogP contribution in [0.25, 0.3) is 0 Å². The molecule has 0 amide bonds. The van der Waals surface area contributed by atoms with Crippen molar-refractivity contribution in [2.24, 2.45) is 0 Å². The largest absolute Gasteiger partial charge is 0.349 e. The summed E-state index contributed by atoms with van der Waals surface area (Å²) in [6, 6.07) is 7.89. The van der Waals surface area contributed by atoms with Crippen LogP contribution in [0.2, 0.25) is 5.02 Å². The Kier molecular flexibility index (Phi) is 3.58. The summed E-state index contributed by atoms with van der Waals surface area (Å²) in [5.41, 5.74) is 1.85. The molecular weight excluding hydrogens is 263 g/mol. The molecule has 1 heterocycles. The Morgan fingerprint density at radius 2 is 2.16 bits per heavy atom. The van der Waals surface area contributed by atoms with Gasteiger partial charge >= 0.3 is 0 Å². The third-order valence-corrected chi connectivity index (χ3v) is 3.66. The van der Waals surface area contributed by atoms with Crippen LogP contribution in [0.15, 0.2) is 36.7 Å². The summed E-state index contributed by atoms with van der Waals surface area (Å²) in [6.07, 6.45) is 6.60. The average Bonchev–Trinajstić information content (AvgIpc) is 3.13. The zero-order chi connectivity index (χ0) is 13.2. The third-order valence-electron chi connectivity index (χ3n) is 3.37. The summed E-state index contributed by atoms with van der Waals surface area (Å²) >= 11 is 5.78. The smallest absolute Gasteiger partial charge is 0.146 e. The molecule has 2 nitrogen and oxygen atoms in total. The summed E-state index contributed by atoms with van der Waals surface area (Å²) in [7, 11) is 0. The Morgan fingerprint density at radius 1 is 1.32 bits per heavy atom. The first-order chi connectivity index (χ1) is 9.22. The van der Waals surface area contributed by atoms with E-state index in [1.54, 1.807) is 18.2 Å². The Balaban J connectivity index is 1.67. The van der Waals surface area contributed by atoms with E-state index in [2.05, 4.69) is 17.6 Å². The summed E-state index contributed by atoms with van der Waals surface area (Å²) in [6.45, 7) is 1.39. The highest BCUT2D eigenvalue weighted by molar-refractivity contribution is 6.30. The van der Waals surface area contributed by atoms with E-state index >= 15 is 0 Å². The number of nitrogens with zero attached hydrogens (tertiary/aromatic N) is 1. The molecule has 1 saturated carbocycles. The Hall–Kier alpha value is -1.32. The molecular formula is C15H16ClFN2. The van der Waals surface area contributed by atoms with Gasteiger partial charge in [-0.2, -0.15) is 0 Å². The Labute approximate surface area is 117 Å². The number of aromatic nitrogens is 1. The quantitative estimate of drug-likeness (QED) is 0.885. The van der Waals surface area contributed by atoms with Gasteiger partial charge in [0.1, 0.15) is 5.82 Å². The molecule has 2 aromatic rings. The van der Waals surface area contributed by atoms with Crippen molar-refractivity contribution in [3.8, 4) is 0 Å². The van der Waals surface area contributed by atoms with E-state index in [0.29, 0.717) is 18.2 Å². The van der Waals surface area contributed by atoms with Crippen LogP contribution in [-0.4, -0.2) is 10.6 Å². The van der Waals surface area contributed by atoms with Gasteiger partial charge in [-0.3, -0.25) is 0 Å². The second-order valence-electron chi connectivity index (χ2n) is 5.06. The summed E-state index contributed by atoms with van der Waals surface area (Å²) < 4.78 is 15.8. The number of benzene rings is 1. The minimum atomic E-state index is -0.324. The predicted octanol–water partition coefficient (Wildman–Crippen LogP) is 3.58. The SMILES string of the molecule is Fc1c(Cl)cccc1Cn1ccc(CNC2CC2)c1. The second-order valence-corrected chi connectivity index (χ2v) is 5.47. The highest BCUT2D eigenvalue weighted by atomic mass is 35.5. The minimum absolute atomic E-state index is 0.181. The van der Waals surface area contributed by atoms with Crippen LogP contribution in [0.1, 0.15) is 24.0 Å². The van der Waals surface area contributed by atoms with E-state index in [9.17, 15) is 4.39 Å². The van der Waals surface area contributed by atoms with E-state index in [0.717, 1.165) is 6.54 Å². The lowest BCUT2D eigenvalue weighted by Gasteiger charge is -2.06. The maximum absolute atomic E-state index is 13.8. The molecule has 0 bridgehead atoms. The number of halogens is 2. The van der Waals surface area contributed by atoms with Crippen LogP contribution < -0.4 is 5.32 Å². The maximum atomic E-state index is 13.8. The number of hydrogen-bond acceptors (Lipinski definition) is 1. The molecule has 100 valence electrons. The molecule has 0 unspecified atom stereocenters. The third kappa shape index (κ3) is 3.17. The van der Waals surface area contributed by atoms with Crippen LogP contribution >= 0.6 is 11.6 Å². The van der Waals surface area contributed by atoms with E-state index in [-0.39, 0.29) is 10.8 Å². The molecule has 1 aliphatic rings. The van der Waals surface area contributed by atoms with Gasteiger partial charge in [0.25, 0.3) is 0 Å². The highest BCUT2D eigenvalue weighted by Gasteiger charge is 2.20. The molecule has 1 N–H and O–H groups in total. The second kappa shape index (κ2) is 5.35. The van der Waals surface area contributed by atoms with Crippen molar-refractivity contribution in [1.82, 2.24) is 9.88 Å². The molecule has 0 saturated heterocycles. The fourth-order valence-corrected chi connectivity index (χ4v) is 2.30. The van der Waals surface area contributed by atoms with Crippen LogP contribution in [0.5, 0.6) is 0 Å². The molecule has 1 aliphatic carbocycles. The van der Waals surface area contributed by atoms with Gasteiger partial charge in [0, 0.05) is 37.1 Å². The van der Waals surface area contributed by atoms with E-state index in [1.165, 1.54) is 18.4 Å². The molecule has 0 spiro atoms. The first kappa shape index (κ1) is 12.7. The van der Waals surface area contributed by atoms with Gasteiger partial charge in [0.15, 0.2) is 0 Å². The van der Waals surface area contributed by atoms with Crippen molar-refractivity contribution < 1.29 is 4.39 Å². The van der Waals surface area contributed by atoms with Crippen LogP contribution in [0.4, 0.5) is 4.39 Å². The molecule has 1 aromatic carbocycles. The molecule has 0 radical (unpaired) electrons. The fourth-order valence-electron chi connectivity index (χ4n) is 2.11. The van der Waals surface area contributed by atoms with Gasteiger partial charge in [-0.25, -0.2) is 4.39 Å². The number of rotatable bonds is 5. The van der Waals surface area contributed by atoms with Crippen LogP contribution in [0, 0.1) is 5.82 Å². The standard InChI is InChI=1S/C15H16ClFN2/c16-14-3-1-2-12(15(14)17)10-19-7-6-11(9-19)8-18-13-4-5-13/h1-3,6-7,9,13,18H,4-5,8,10H2. The van der Waals surface area contributed by atoms with Crippen molar-refractivity contribution >= 4 is 11.6 Å². The molecule has 0 aliphatic heterocycles. The van der Waals surface area contributed by atoms with Crippen molar-refractivity contribution in [1.29, 1.82) is 0 Å². The van der Waals surface area contributed by atoms with Gasteiger partial charge in [0.05, 0.1) is 5.02 Å². The minimum Gasteiger partial charge on any atom is -0.349 e. The predicted molar refractivity (Wildman–Crippen MR) is 74.8 cm³/mol. The molecule has 1 fully saturated rings. The first-order valence-electron chi connectivity index (χ1n) is 6.53. The number of hydrogen-bond donors (Lipinski definition) is 1. The summed E-state index contributed by atoms with van der Waals surface area (Å²) in [5.74, 6) is -0.324. The summed E-state index contributed by atoms with van der Waals surface area (Å²) in [4.78, 5) is 0. The lowest BCUT2D eigenvalue weighted by molar-refractivity contribution is 0.600. The molecule has 1 aromatic heterocycles. The normalized spacial score (nSPS) is 14.8. The molecule has 3 rings (SSSR count). The fraction of sp³-hybridized carbons (Fsp3) is 0.333. The number of nitrogens with one attached hydrogen (secondary N) is 1. The van der Waals surface area contributed by atoms with Crippen LogP contribution in [-0.2, 0) is 13.1 Å². The summed E-state index contributed by atoms with van der Waals surface area (Å²) in [5, 5.41) is 3.64. The van der Waals surface area contributed by atoms with Gasteiger partial charge in [-0.15, -0.1) is 0 Å². The first-order valence-corrected chi connectivity index (χ1v) is 6.91. The Bertz CT molecular complexity index is 575. The highest BCUT2D eigenvalue weighted by Crippen LogP contribution is 2.20. The van der Waals surface area contributed by atoms with Crippen molar-refractivity contribution in [3.05, 3.63) is 58.6 Å². The van der Waals surface area contributed by atoms with E-state index in [1.807, 2.05) is 10.8 Å². The molecule has 19 heavy (non-hydrogen) atoms. The van der Waals surface area contributed by atoms with Crippen molar-refractivity contribution in [2.75, 3.05) is 0 Å². The van der Waals surface area contributed by atoms with Crippen molar-refractivity contribution in [3.63, 3.8) is 0 Å². The topological polar surface area (TPSA) is 17.0 Å². The van der Waals surface area contributed by atoms with Gasteiger partial charge in [-0.05, 0) is 30.5 Å². The van der Waals surface area contributed by atoms with Gasteiger partial charge in [-0.1, -0.05) is 23.7 Å². The van der Waals surface area contributed by atoms with E-state index in [4.69, 9.17) is 11.6 Å². The lowest BCUT2D eigenvalue weighted by Crippen LogP contribution is -2.14. The van der Waals surface area contributed by atoms with Crippen LogP contribution in [0.3, 0.4) is 0 Å². The van der Waals surface area contributed by atoms with E-state index < -0.39 is 0 Å². The van der Waals surface area contributed by atoms with Gasteiger partial charge < -0.3 is 9.88 Å².